The Morgan fingerprint density at radius 3 is 2.45 bits per heavy atom. The third-order valence-corrected chi connectivity index (χ3v) is 7.80. The summed E-state index contributed by atoms with van der Waals surface area (Å²) in [4.78, 5) is 11.1. The van der Waals surface area contributed by atoms with E-state index in [0.717, 1.165) is 36.3 Å². The molecule has 0 saturated heterocycles. The summed E-state index contributed by atoms with van der Waals surface area (Å²) in [5, 5.41) is 9.14. The maximum absolute atomic E-state index is 11.1. The summed E-state index contributed by atoms with van der Waals surface area (Å²) in [6.45, 7) is 5.73. The first kappa shape index (κ1) is 26.3. The second-order valence-electron chi connectivity index (χ2n) is 10.7. The minimum atomic E-state index is -0.791. The van der Waals surface area contributed by atoms with Gasteiger partial charge in [-0.05, 0) is 72.2 Å². The lowest BCUT2D eigenvalue weighted by molar-refractivity contribution is -0.137. The monoisotopic (exact) mass is 516 g/mol. The predicted octanol–water partition coefficient (Wildman–Crippen LogP) is 5.67. The Bertz CT molecular complexity index is 1340. The molecule has 6 nitrogen and oxygen atoms in total. The number of carboxylic acids is 1. The first-order chi connectivity index (χ1) is 18.3. The zero-order valence-electron chi connectivity index (χ0n) is 22.6. The molecule has 0 spiro atoms. The molecule has 200 valence electrons. The third kappa shape index (κ3) is 5.16. The molecule has 0 amide bonds. The van der Waals surface area contributed by atoms with Crippen molar-refractivity contribution in [3.63, 3.8) is 0 Å². The van der Waals surface area contributed by atoms with Crippen molar-refractivity contribution in [2.24, 2.45) is 0 Å². The molecule has 0 fully saturated rings. The topological polar surface area (TPSA) is 74.2 Å². The summed E-state index contributed by atoms with van der Waals surface area (Å²) in [5.74, 6) is 0.901. The van der Waals surface area contributed by atoms with Crippen LogP contribution in [0.25, 0.3) is 11.1 Å². The molecule has 0 aliphatic carbocycles. The first-order valence-electron chi connectivity index (χ1n) is 13.2. The van der Waals surface area contributed by atoms with E-state index in [0.29, 0.717) is 19.8 Å². The lowest BCUT2D eigenvalue weighted by Gasteiger charge is -2.27. The third-order valence-electron chi connectivity index (χ3n) is 7.80. The second kappa shape index (κ2) is 10.8. The Balaban J connectivity index is 1.34. The standard InChI is InChI=1S/C32H36O6/c1-20-12-29-27(16-32(38-29,18-35-3)19-36-4)21(2)31(20)24-7-5-6-22(13-24)8-9-23-10-11-26-25(15-30(33)34)17-37-28(26)14-23/h5-7,10-14,25H,8-9,15-19H2,1-4H3,(H,33,34)/t25-/m1/s1. The van der Waals surface area contributed by atoms with Crippen LogP contribution in [0.4, 0.5) is 0 Å². The fourth-order valence-electron chi connectivity index (χ4n) is 6.09. The number of fused-ring (bicyclic) bond motifs is 2. The summed E-state index contributed by atoms with van der Waals surface area (Å²) < 4.78 is 23.2. The van der Waals surface area contributed by atoms with E-state index < -0.39 is 11.6 Å². The minimum Gasteiger partial charge on any atom is -0.493 e. The van der Waals surface area contributed by atoms with Gasteiger partial charge in [-0.2, -0.15) is 0 Å². The van der Waals surface area contributed by atoms with Crippen molar-refractivity contribution >= 4 is 5.97 Å². The zero-order chi connectivity index (χ0) is 26.9. The number of carbonyl (C=O) groups is 1. The molecule has 0 unspecified atom stereocenters. The van der Waals surface area contributed by atoms with Crippen molar-refractivity contribution in [3.8, 4) is 22.6 Å². The number of aryl methyl sites for hydroxylation is 3. The lowest BCUT2D eigenvalue weighted by Crippen LogP contribution is -2.44. The largest absolute Gasteiger partial charge is 0.493 e. The molecule has 2 heterocycles. The molecule has 2 aliphatic rings. The predicted molar refractivity (Wildman–Crippen MR) is 147 cm³/mol. The van der Waals surface area contributed by atoms with E-state index in [1.54, 1.807) is 14.2 Å². The molecule has 3 aromatic carbocycles. The van der Waals surface area contributed by atoms with Crippen LogP contribution in [0, 0.1) is 13.8 Å². The molecule has 0 bridgehead atoms. The fourth-order valence-corrected chi connectivity index (χ4v) is 6.09. The van der Waals surface area contributed by atoms with Gasteiger partial charge in [0.05, 0.1) is 26.2 Å². The highest BCUT2D eigenvalue weighted by molar-refractivity contribution is 5.75. The number of aliphatic carboxylic acids is 1. The van der Waals surface area contributed by atoms with Crippen molar-refractivity contribution < 1.29 is 28.8 Å². The van der Waals surface area contributed by atoms with Gasteiger partial charge in [0.25, 0.3) is 0 Å². The van der Waals surface area contributed by atoms with Crippen molar-refractivity contribution in [1.29, 1.82) is 0 Å². The van der Waals surface area contributed by atoms with Crippen LogP contribution in [0.3, 0.4) is 0 Å². The number of rotatable bonds is 10. The maximum atomic E-state index is 11.1. The van der Waals surface area contributed by atoms with Gasteiger partial charge < -0.3 is 24.1 Å². The molecule has 0 aromatic heterocycles. The average molecular weight is 517 g/mol. The van der Waals surface area contributed by atoms with E-state index in [9.17, 15) is 4.79 Å². The molecule has 0 saturated carbocycles. The van der Waals surface area contributed by atoms with Crippen molar-refractivity contribution in [2.75, 3.05) is 34.0 Å². The molecule has 6 heteroatoms. The number of carboxylic acid groups (broad SMARTS) is 1. The Labute approximate surface area is 224 Å². The van der Waals surface area contributed by atoms with Crippen molar-refractivity contribution in [1.82, 2.24) is 0 Å². The highest BCUT2D eigenvalue weighted by atomic mass is 16.6. The fraction of sp³-hybridized carbons (Fsp3) is 0.406. The van der Waals surface area contributed by atoms with Gasteiger partial charge in [-0.3, -0.25) is 4.79 Å². The van der Waals surface area contributed by atoms with Gasteiger partial charge in [-0.15, -0.1) is 0 Å². The van der Waals surface area contributed by atoms with Crippen LogP contribution in [-0.4, -0.2) is 50.7 Å². The van der Waals surface area contributed by atoms with Crippen LogP contribution in [0.5, 0.6) is 11.5 Å². The van der Waals surface area contributed by atoms with Crippen molar-refractivity contribution in [3.05, 3.63) is 81.9 Å². The SMILES string of the molecule is COCC1(COC)Cc2c(cc(C)c(-c3cccc(CCc4ccc5c(c4)OC[C@H]5CC(=O)O)c3)c2C)O1. The van der Waals surface area contributed by atoms with E-state index in [1.807, 2.05) is 6.07 Å². The summed E-state index contributed by atoms with van der Waals surface area (Å²) in [5.41, 5.74) is 9.12. The normalized spacial score (nSPS) is 17.0. The van der Waals surface area contributed by atoms with Crippen LogP contribution < -0.4 is 9.47 Å². The molecule has 0 radical (unpaired) electrons. The minimum absolute atomic E-state index is 0.0633. The van der Waals surface area contributed by atoms with Crippen LogP contribution in [0.15, 0.2) is 48.5 Å². The summed E-state index contributed by atoms with van der Waals surface area (Å²) in [6.07, 6.45) is 2.65. The average Bonchev–Trinajstić information content (AvgIpc) is 3.44. The molecule has 3 aromatic rings. The Morgan fingerprint density at radius 1 is 1.00 bits per heavy atom. The Kier molecular flexibility index (Phi) is 7.46. The van der Waals surface area contributed by atoms with Crippen molar-refractivity contribution in [2.45, 2.75) is 51.0 Å². The molecular formula is C32H36O6. The van der Waals surface area contributed by atoms with Gasteiger partial charge in [-0.1, -0.05) is 36.4 Å². The van der Waals surface area contributed by atoms with E-state index in [-0.39, 0.29) is 12.3 Å². The van der Waals surface area contributed by atoms with E-state index >= 15 is 0 Å². The van der Waals surface area contributed by atoms with Gasteiger partial charge in [-0.25, -0.2) is 0 Å². The van der Waals surface area contributed by atoms with Gasteiger partial charge in [0.15, 0.2) is 5.60 Å². The summed E-state index contributed by atoms with van der Waals surface area (Å²) in [7, 11) is 3.40. The number of benzene rings is 3. The molecule has 5 rings (SSSR count). The van der Waals surface area contributed by atoms with E-state index in [2.05, 4.69) is 56.3 Å². The molecular weight excluding hydrogens is 480 g/mol. The lowest BCUT2D eigenvalue weighted by atomic mass is 9.87. The summed E-state index contributed by atoms with van der Waals surface area (Å²) in [6, 6.07) is 17.2. The highest BCUT2D eigenvalue weighted by Crippen LogP contribution is 2.43. The van der Waals surface area contributed by atoms with Gasteiger partial charge >= 0.3 is 5.97 Å². The Hall–Kier alpha value is -3.35. The molecule has 38 heavy (non-hydrogen) atoms. The van der Waals surface area contributed by atoms with Crippen LogP contribution >= 0.6 is 0 Å². The number of hydrogen-bond acceptors (Lipinski definition) is 5. The summed E-state index contributed by atoms with van der Waals surface area (Å²) >= 11 is 0. The smallest absolute Gasteiger partial charge is 0.304 e. The van der Waals surface area contributed by atoms with E-state index in [1.165, 1.54) is 38.9 Å². The van der Waals surface area contributed by atoms with Crippen LogP contribution in [0.2, 0.25) is 0 Å². The number of hydrogen-bond donors (Lipinski definition) is 1. The second-order valence-corrected chi connectivity index (χ2v) is 10.7. The molecule has 1 N–H and O–H groups in total. The van der Waals surface area contributed by atoms with Gasteiger partial charge in [0.2, 0.25) is 0 Å². The van der Waals surface area contributed by atoms with Crippen LogP contribution in [-0.2, 0) is 33.5 Å². The van der Waals surface area contributed by atoms with Gasteiger partial charge in [0.1, 0.15) is 11.5 Å². The quantitative estimate of drug-likeness (QED) is 0.374. The molecule has 1 atom stereocenters. The Morgan fingerprint density at radius 2 is 1.74 bits per heavy atom. The maximum Gasteiger partial charge on any atom is 0.304 e. The number of ether oxygens (including phenoxy) is 4. The first-order valence-corrected chi connectivity index (χ1v) is 13.2. The zero-order valence-corrected chi connectivity index (χ0v) is 22.6. The van der Waals surface area contributed by atoms with Crippen LogP contribution in [0.1, 0.15) is 45.7 Å². The van der Waals surface area contributed by atoms with E-state index in [4.69, 9.17) is 24.1 Å². The number of methoxy groups -OCH3 is 2. The molecule has 2 aliphatic heterocycles. The highest BCUT2D eigenvalue weighted by Gasteiger charge is 2.41. The van der Waals surface area contributed by atoms with Gasteiger partial charge in [0, 0.05) is 37.7 Å².